The fourth-order valence-electron chi connectivity index (χ4n) is 2.73. The van der Waals surface area contributed by atoms with Crippen LogP contribution in [0, 0.1) is 5.92 Å². The Morgan fingerprint density at radius 1 is 1.41 bits per heavy atom. The molecule has 1 aliphatic heterocycles. The lowest BCUT2D eigenvalue weighted by Gasteiger charge is -2.25. The third-order valence-corrected chi connectivity index (χ3v) is 4.01. The highest BCUT2D eigenvalue weighted by atomic mass is 16.5. The summed E-state index contributed by atoms with van der Waals surface area (Å²) in [7, 11) is 1.75. The van der Waals surface area contributed by atoms with Gasteiger partial charge in [0.15, 0.2) is 0 Å². The van der Waals surface area contributed by atoms with Crippen LogP contribution < -0.4 is 5.32 Å². The molecule has 1 saturated heterocycles. The zero-order valence-corrected chi connectivity index (χ0v) is 10.2. The van der Waals surface area contributed by atoms with Crippen molar-refractivity contribution in [1.82, 2.24) is 15.5 Å². The van der Waals surface area contributed by atoms with Crippen molar-refractivity contribution < 1.29 is 9.26 Å². The molecule has 0 radical (unpaired) electrons. The highest BCUT2D eigenvalue weighted by Gasteiger charge is 2.40. The number of hydrogen-bond acceptors (Lipinski definition) is 5. The van der Waals surface area contributed by atoms with E-state index in [1.165, 1.54) is 12.8 Å². The maximum absolute atomic E-state index is 5.65. The quantitative estimate of drug-likeness (QED) is 0.854. The molecule has 1 aromatic heterocycles. The van der Waals surface area contributed by atoms with Crippen LogP contribution in [-0.2, 0) is 16.8 Å². The van der Waals surface area contributed by atoms with Crippen LogP contribution >= 0.6 is 0 Å². The van der Waals surface area contributed by atoms with Gasteiger partial charge in [-0.1, -0.05) is 5.16 Å². The number of nitrogens with zero attached hydrogens (tertiary/aromatic N) is 2. The van der Waals surface area contributed by atoms with Crippen molar-refractivity contribution in [2.24, 2.45) is 5.92 Å². The molecule has 0 aromatic carbocycles. The van der Waals surface area contributed by atoms with E-state index in [2.05, 4.69) is 15.5 Å². The molecule has 2 heterocycles. The molecule has 3 rings (SSSR count). The number of nitrogens with one attached hydrogen (secondary N) is 1. The molecular weight excluding hydrogens is 218 g/mol. The van der Waals surface area contributed by atoms with Crippen molar-refractivity contribution in [1.29, 1.82) is 0 Å². The Morgan fingerprint density at radius 3 is 2.76 bits per heavy atom. The second-order valence-corrected chi connectivity index (χ2v) is 5.15. The Morgan fingerprint density at radius 2 is 2.18 bits per heavy atom. The molecule has 0 atom stereocenters. The molecule has 2 fully saturated rings. The highest BCUT2D eigenvalue weighted by Crippen LogP contribution is 2.40. The summed E-state index contributed by atoms with van der Waals surface area (Å²) in [5.41, 5.74) is -0.278. The third kappa shape index (κ3) is 1.98. The van der Waals surface area contributed by atoms with Crippen LogP contribution in [-0.4, -0.2) is 30.3 Å². The zero-order valence-electron chi connectivity index (χ0n) is 10.2. The van der Waals surface area contributed by atoms with Gasteiger partial charge in [-0.3, -0.25) is 0 Å². The first kappa shape index (κ1) is 11.2. The highest BCUT2D eigenvalue weighted by molar-refractivity contribution is 5.05. The van der Waals surface area contributed by atoms with Crippen LogP contribution in [0.3, 0.4) is 0 Å². The Kier molecular flexibility index (Phi) is 2.88. The van der Waals surface area contributed by atoms with E-state index in [0.717, 1.165) is 44.1 Å². The average molecular weight is 237 g/mol. The molecule has 0 unspecified atom stereocenters. The molecular formula is C12H19N3O2. The minimum atomic E-state index is -0.278. The van der Waals surface area contributed by atoms with Crippen LogP contribution in [0.2, 0.25) is 0 Å². The molecule has 1 aliphatic carbocycles. The summed E-state index contributed by atoms with van der Waals surface area (Å²) in [6.45, 7) is 2.13. The first-order valence-corrected chi connectivity index (χ1v) is 6.41. The molecule has 0 amide bonds. The van der Waals surface area contributed by atoms with E-state index in [1.54, 1.807) is 7.11 Å². The second-order valence-electron chi connectivity index (χ2n) is 5.15. The Hall–Kier alpha value is -0.940. The summed E-state index contributed by atoms with van der Waals surface area (Å²) in [5.74, 6) is 2.17. The third-order valence-electron chi connectivity index (χ3n) is 4.01. The summed E-state index contributed by atoms with van der Waals surface area (Å²) in [6, 6.07) is 0. The van der Waals surface area contributed by atoms with Gasteiger partial charge >= 0.3 is 0 Å². The minimum absolute atomic E-state index is 0.278. The van der Waals surface area contributed by atoms with Crippen molar-refractivity contribution in [3.05, 3.63) is 11.7 Å². The molecule has 5 heteroatoms. The van der Waals surface area contributed by atoms with Crippen molar-refractivity contribution in [2.45, 2.75) is 37.7 Å². The van der Waals surface area contributed by atoms with Gasteiger partial charge in [-0.05, 0) is 44.7 Å². The van der Waals surface area contributed by atoms with Gasteiger partial charge in [0.05, 0.1) is 0 Å². The average Bonchev–Trinajstić information content (AvgIpc) is 2.93. The van der Waals surface area contributed by atoms with Crippen molar-refractivity contribution >= 4 is 0 Å². The first-order chi connectivity index (χ1) is 8.32. The van der Waals surface area contributed by atoms with Crippen molar-refractivity contribution in [2.75, 3.05) is 20.2 Å². The van der Waals surface area contributed by atoms with E-state index < -0.39 is 0 Å². The lowest BCUT2D eigenvalue weighted by Crippen LogP contribution is -2.43. The van der Waals surface area contributed by atoms with Crippen LogP contribution in [0.25, 0.3) is 0 Å². The topological polar surface area (TPSA) is 60.2 Å². The van der Waals surface area contributed by atoms with E-state index >= 15 is 0 Å². The largest absolute Gasteiger partial charge is 0.370 e. The minimum Gasteiger partial charge on any atom is -0.370 e. The predicted molar refractivity (Wildman–Crippen MR) is 61.5 cm³/mol. The maximum Gasteiger partial charge on any atom is 0.227 e. The van der Waals surface area contributed by atoms with Gasteiger partial charge in [-0.2, -0.15) is 4.98 Å². The molecule has 0 bridgehead atoms. The van der Waals surface area contributed by atoms with Crippen LogP contribution in [0.5, 0.6) is 0 Å². The number of rotatable bonds is 4. The Labute approximate surface area is 101 Å². The van der Waals surface area contributed by atoms with E-state index in [-0.39, 0.29) is 5.60 Å². The summed E-state index contributed by atoms with van der Waals surface area (Å²) in [6.07, 6.45) is 5.27. The Balaban J connectivity index is 1.73. The van der Waals surface area contributed by atoms with Gasteiger partial charge in [0.1, 0.15) is 5.60 Å². The lowest BCUT2D eigenvalue weighted by atomic mass is 9.99. The van der Waals surface area contributed by atoms with Gasteiger partial charge in [0.25, 0.3) is 0 Å². The number of hydrogen-bond donors (Lipinski definition) is 1. The molecule has 17 heavy (non-hydrogen) atoms. The molecule has 1 N–H and O–H groups in total. The van der Waals surface area contributed by atoms with E-state index in [1.807, 2.05) is 0 Å². The second kappa shape index (κ2) is 4.38. The first-order valence-electron chi connectivity index (χ1n) is 6.41. The van der Waals surface area contributed by atoms with Crippen molar-refractivity contribution in [3.8, 4) is 0 Å². The summed E-state index contributed by atoms with van der Waals surface area (Å²) in [4.78, 5) is 4.53. The van der Waals surface area contributed by atoms with E-state index in [9.17, 15) is 0 Å². The molecule has 0 spiro atoms. The zero-order chi connectivity index (χ0) is 11.7. The number of aromatic nitrogens is 2. The van der Waals surface area contributed by atoms with Crippen LogP contribution in [0.1, 0.15) is 37.4 Å². The molecule has 2 aliphatic rings. The number of methoxy groups -OCH3 is 1. The van der Waals surface area contributed by atoms with Gasteiger partial charge in [-0.25, -0.2) is 0 Å². The molecule has 94 valence electrons. The standard InChI is InChI=1S/C12H19N3O2/c1-16-12(4-2-3-5-12)11-14-10(17-15-11)6-9-7-13-8-9/h9,13H,2-8H2,1H3. The predicted octanol–water partition coefficient (Wildman–Crippen LogP) is 1.25. The van der Waals surface area contributed by atoms with Gasteiger partial charge < -0.3 is 14.6 Å². The van der Waals surface area contributed by atoms with Crippen LogP contribution in [0.15, 0.2) is 4.52 Å². The summed E-state index contributed by atoms with van der Waals surface area (Å²) >= 11 is 0. The lowest BCUT2D eigenvalue weighted by molar-refractivity contribution is -0.0178. The fourth-order valence-corrected chi connectivity index (χ4v) is 2.73. The van der Waals surface area contributed by atoms with Gasteiger partial charge in [-0.15, -0.1) is 0 Å². The fraction of sp³-hybridized carbons (Fsp3) is 0.833. The van der Waals surface area contributed by atoms with E-state index in [0.29, 0.717) is 5.92 Å². The number of ether oxygens (including phenoxy) is 1. The molecule has 1 aromatic rings. The normalized spacial score (nSPS) is 23.8. The van der Waals surface area contributed by atoms with Crippen molar-refractivity contribution in [3.63, 3.8) is 0 Å². The monoisotopic (exact) mass is 237 g/mol. The molecule has 1 saturated carbocycles. The SMILES string of the molecule is COC1(c2noc(CC3CNC3)n2)CCCC1. The summed E-state index contributed by atoms with van der Waals surface area (Å²) < 4.78 is 11.0. The smallest absolute Gasteiger partial charge is 0.227 e. The van der Waals surface area contributed by atoms with E-state index in [4.69, 9.17) is 9.26 Å². The molecule has 5 nitrogen and oxygen atoms in total. The summed E-state index contributed by atoms with van der Waals surface area (Å²) in [5, 5.41) is 7.37. The Bertz CT molecular complexity index is 381. The maximum atomic E-state index is 5.65. The van der Waals surface area contributed by atoms with Crippen LogP contribution in [0.4, 0.5) is 0 Å². The van der Waals surface area contributed by atoms with Gasteiger partial charge in [0, 0.05) is 13.5 Å². The van der Waals surface area contributed by atoms with Gasteiger partial charge in [0.2, 0.25) is 11.7 Å².